The molecule has 0 atom stereocenters. The van der Waals surface area contributed by atoms with Crippen molar-refractivity contribution in [3.8, 4) is 0 Å². The van der Waals surface area contributed by atoms with E-state index in [-0.39, 0.29) is 5.56 Å². The van der Waals surface area contributed by atoms with E-state index in [9.17, 15) is 9.90 Å². The fraction of sp³-hybridized carbons (Fsp3) is 0.450. The molecule has 25 heavy (non-hydrogen) atoms. The van der Waals surface area contributed by atoms with Crippen LogP contribution in [0.4, 0.5) is 0 Å². The second kappa shape index (κ2) is 8.72. The minimum absolute atomic E-state index is 0.290. The molecule has 0 unspecified atom stereocenters. The maximum atomic E-state index is 11.2. The van der Waals surface area contributed by atoms with Gasteiger partial charge in [0.2, 0.25) is 0 Å². The number of nitrogens with one attached hydrogen (secondary N) is 1. The number of nitrogens with zero attached hydrogens (tertiary/aromatic N) is 2. The molecule has 2 aromatic rings. The summed E-state index contributed by atoms with van der Waals surface area (Å²) in [5, 5.41) is 12.6. The van der Waals surface area contributed by atoms with Crippen LogP contribution in [0, 0.1) is 12.8 Å². The first-order chi connectivity index (χ1) is 11.9. The minimum Gasteiger partial charge on any atom is -0.478 e. The molecule has 2 rings (SSSR count). The van der Waals surface area contributed by atoms with Crippen LogP contribution < -0.4 is 5.32 Å². The average Bonchev–Trinajstić information content (AvgIpc) is 2.56. The molecule has 0 bridgehead atoms. The molecule has 0 saturated carbocycles. The van der Waals surface area contributed by atoms with Crippen LogP contribution in [-0.4, -0.2) is 21.0 Å². The molecule has 0 spiro atoms. The molecule has 0 saturated heterocycles. The third kappa shape index (κ3) is 5.64. The van der Waals surface area contributed by atoms with Gasteiger partial charge in [-0.1, -0.05) is 26.8 Å². The Morgan fingerprint density at radius 1 is 1.16 bits per heavy atom. The molecule has 134 valence electrons. The van der Waals surface area contributed by atoms with Crippen LogP contribution in [0.15, 0.2) is 24.3 Å². The topological polar surface area (TPSA) is 75.1 Å². The Kier molecular flexibility index (Phi) is 6.65. The number of pyridine rings is 2. The van der Waals surface area contributed by atoms with Gasteiger partial charge in [-0.05, 0) is 49.4 Å². The van der Waals surface area contributed by atoms with E-state index >= 15 is 0 Å². The highest BCUT2D eigenvalue weighted by atomic mass is 16.4. The molecule has 0 aliphatic rings. The number of carboxylic acid groups (broad SMARTS) is 1. The Bertz CT molecular complexity index is 742. The van der Waals surface area contributed by atoms with Gasteiger partial charge in [0.25, 0.3) is 0 Å². The van der Waals surface area contributed by atoms with Crippen LogP contribution in [0.25, 0.3) is 0 Å². The summed E-state index contributed by atoms with van der Waals surface area (Å²) in [7, 11) is 0. The molecule has 0 radical (unpaired) electrons. The van der Waals surface area contributed by atoms with Gasteiger partial charge < -0.3 is 10.4 Å². The van der Waals surface area contributed by atoms with Gasteiger partial charge in [-0.25, -0.2) is 4.79 Å². The van der Waals surface area contributed by atoms with Gasteiger partial charge in [0, 0.05) is 24.5 Å². The summed E-state index contributed by atoms with van der Waals surface area (Å²) in [6.45, 7) is 9.53. The highest BCUT2D eigenvalue weighted by Gasteiger charge is 2.10. The Morgan fingerprint density at radius 3 is 2.52 bits per heavy atom. The molecular formula is C20H27N3O2. The maximum Gasteiger partial charge on any atom is 0.335 e. The minimum atomic E-state index is -0.919. The van der Waals surface area contributed by atoms with E-state index in [2.05, 4.69) is 35.2 Å². The first-order valence-corrected chi connectivity index (χ1v) is 8.78. The number of hydrogen-bond acceptors (Lipinski definition) is 4. The second-order valence-electron chi connectivity index (χ2n) is 6.76. The first kappa shape index (κ1) is 19.1. The molecule has 2 heterocycles. The molecule has 5 nitrogen and oxygen atoms in total. The summed E-state index contributed by atoms with van der Waals surface area (Å²) in [4.78, 5) is 20.4. The van der Waals surface area contributed by atoms with Crippen LogP contribution in [0.2, 0.25) is 0 Å². The van der Waals surface area contributed by atoms with Crippen molar-refractivity contribution in [1.82, 2.24) is 15.3 Å². The van der Waals surface area contributed by atoms with Crippen molar-refractivity contribution in [2.75, 3.05) is 0 Å². The summed E-state index contributed by atoms with van der Waals surface area (Å²) in [6.07, 6.45) is 1.71. The second-order valence-corrected chi connectivity index (χ2v) is 6.76. The molecule has 2 aromatic heterocycles. The Morgan fingerprint density at radius 2 is 1.88 bits per heavy atom. The number of carboxylic acids is 1. The molecule has 2 N–H and O–H groups in total. The Labute approximate surface area is 149 Å². The highest BCUT2D eigenvalue weighted by molar-refractivity contribution is 5.87. The molecule has 5 heteroatoms. The van der Waals surface area contributed by atoms with Crippen LogP contribution >= 0.6 is 0 Å². The Balaban J connectivity index is 2.09. The normalized spacial score (nSPS) is 11.1. The van der Waals surface area contributed by atoms with E-state index in [4.69, 9.17) is 0 Å². The number of aromatic nitrogens is 2. The number of rotatable bonds is 8. The lowest BCUT2D eigenvalue weighted by molar-refractivity contribution is 0.0696. The van der Waals surface area contributed by atoms with E-state index in [1.54, 1.807) is 12.1 Å². The zero-order chi connectivity index (χ0) is 18.4. The van der Waals surface area contributed by atoms with Crippen molar-refractivity contribution >= 4 is 5.97 Å². The summed E-state index contributed by atoms with van der Waals surface area (Å²) >= 11 is 0. The molecular weight excluding hydrogens is 314 g/mol. The maximum absolute atomic E-state index is 11.2. The van der Waals surface area contributed by atoms with E-state index in [0.717, 1.165) is 29.2 Å². The van der Waals surface area contributed by atoms with Crippen LogP contribution in [0.3, 0.4) is 0 Å². The van der Waals surface area contributed by atoms with Gasteiger partial charge >= 0.3 is 5.97 Å². The van der Waals surface area contributed by atoms with Gasteiger partial charge in [0.1, 0.15) is 0 Å². The molecule has 0 aromatic carbocycles. The van der Waals surface area contributed by atoms with Gasteiger partial charge in [-0.15, -0.1) is 0 Å². The third-order valence-corrected chi connectivity index (χ3v) is 3.98. The first-order valence-electron chi connectivity index (χ1n) is 8.78. The lowest BCUT2D eigenvalue weighted by atomic mass is 10.0. The van der Waals surface area contributed by atoms with E-state index in [1.807, 2.05) is 19.9 Å². The van der Waals surface area contributed by atoms with E-state index in [1.165, 1.54) is 5.56 Å². The summed E-state index contributed by atoms with van der Waals surface area (Å²) in [5.41, 5.74) is 5.15. The number of aryl methyl sites for hydroxylation is 2. The van der Waals surface area contributed by atoms with Gasteiger partial charge in [-0.2, -0.15) is 0 Å². The predicted molar refractivity (Wildman–Crippen MR) is 98.6 cm³/mol. The van der Waals surface area contributed by atoms with Crippen LogP contribution in [-0.2, 0) is 25.9 Å². The van der Waals surface area contributed by atoms with Crippen molar-refractivity contribution in [2.24, 2.45) is 5.92 Å². The molecule has 0 amide bonds. The standard InChI is InChI=1S/C20H27N3O2/c1-5-17-9-16(20(24)25)10-18(23-17)11-21-12-19-15(8-13(2)3)7-6-14(4)22-19/h6-7,9-10,13,21H,5,8,11-12H2,1-4H3,(H,24,25). The lowest BCUT2D eigenvalue weighted by Crippen LogP contribution is -2.18. The lowest BCUT2D eigenvalue weighted by Gasteiger charge is -2.13. The van der Waals surface area contributed by atoms with E-state index in [0.29, 0.717) is 25.4 Å². The monoisotopic (exact) mass is 341 g/mol. The van der Waals surface area contributed by atoms with Crippen molar-refractivity contribution in [2.45, 2.75) is 53.6 Å². The largest absolute Gasteiger partial charge is 0.478 e. The predicted octanol–water partition coefficient (Wildman–Crippen LogP) is 3.53. The average molecular weight is 341 g/mol. The summed E-state index contributed by atoms with van der Waals surface area (Å²) in [5.74, 6) is -0.345. The zero-order valence-electron chi connectivity index (χ0n) is 15.5. The quantitative estimate of drug-likeness (QED) is 0.768. The number of hydrogen-bond donors (Lipinski definition) is 2. The zero-order valence-corrected chi connectivity index (χ0v) is 15.5. The number of carbonyl (C=O) groups is 1. The molecule has 0 aliphatic carbocycles. The van der Waals surface area contributed by atoms with Crippen LogP contribution in [0.5, 0.6) is 0 Å². The van der Waals surface area contributed by atoms with Crippen LogP contribution in [0.1, 0.15) is 59.5 Å². The fourth-order valence-electron chi connectivity index (χ4n) is 2.77. The summed E-state index contributed by atoms with van der Waals surface area (Å²) < 4.78 is 0. The van der Waals surface area contributed by atoms with Gasteiger partial charge in [0.05, 0.1) is 17.0 Å². The third-order valence-electron chi connectivity index (χ3n) is 3.98. The van der Waals surface area contributed by atoms with Crippen molar-refractivity contribution in [1.29, 1.82) is 0 Å². The van der Waals surface area contributed by atoms with Crippen molar-refractivity contribution in [3.05, 3.63) is 58.2 Å². The summed E-state index contributed by atoms with van der Waals surface area (Å²) in [6, 6.07) is 7.46. The number of aromatic carboxylic acids is 1. The van der Waals surface area contributed by atoms with Gasteiger partial charge in [-0.3, -0.25) is 9.97 Å². The van der Waals surface area contributed by atoms with Crippen molar-refractivity contribution < 1.29 is 9.90 Å². The van der Waals surface area contributed by atoms with Crippen molar-refractivity contribution in [3.63, 3.8) is 0 Å². The SMILES string of the molecule is CCc1cc(C(=O)O)cc(CNCc2nc(C)ccc2CC(C)C)n1. The fourth-order valence-corrected chi connectivity index (χ4v) is 2.77. The molecule has 0 aliphatic heterocycles. The highest BCUT2D eigenvalue weighted by Crippen LogP contribution is 2.14. The van der Waals surface area contributed by atoms with Gasteiger partial charge in [0.15, 0.2) is 0 Å². The molecule has 0 fully saturated rings. The Hall–Kier alpha value is -2.27. The van der Waals surface area contributed by atoms with E-state index < -0.39 is 5.97 Å². The smallest absolute Gasteiger partial charge is 0.335 e.